The number of imidazole rings is 1. The van der Waals surface area contributed by atoms with Gasteiger partial charge in [0.05, 0.1) is 0 Å². The van der Waals surface area contributed by atoms with E-state index in [1.165, 1.54) is 4.57 Å². The normalized spacial score (nSPS) is 10.6. The highest BCUT2D eigenvalue weighted by Gasteiger charge is 2.19. The molecule has 0 saturated carbocycles. The molecule has 0 atom stereocenters. The van der Waals surface area contributed by atoms with E-state index in [0.717, 1.165) is 6.42 Å². The van der Waals surface area contributed by atoms with E-state index < -0.39 is 0 Å². The van der Waals surface area contributed by atoms with E-state index in [1.807, 2.05) is 13.8 Å². The SMILES string of the molecule is CCCNC(=O)c1nc(Cl)c(Cl)n1COCC. The van der Waals surface area contributed by atoms with E-state index in [9.17, 15) is 4.79 Å². The lowest BCUT2D eigenvalue weighted by Gasteiger charge is -2.08. The van der Waals surface area contributed by atoms with Crippen molar-refractivity contribution in [3.8, 4) is 0 Å². The van der Waals surface area contributed by atoms with Gasteiger partial charge in [-0.15, -0.1) is 0 Å². The van der Waals surface area contributed by atoms with Crippen LogP contribution in [0.5, 0.6) is 0 Å². The van der Waals surface area contributed by atoms with Crippen LogP contribution in [0.15, 0.2) is 0 Å². The molecule has 0 aliphatic rings. The van der Waals surface area contributed by atoms with Crippen LogP contribution in [0.25, 0.3) is 0 Å². The first-order valence-electron chi connectivity index (χ1n) is 5.39. The number of ether oxygens (including phenoxy) is 1. The van der Waals surface area contributed by atoms with E-state index in [2.05, 4.69) is 10.3 Å². The van der Waals surface area contributed by atoms with Crippen LogP contribution in [-0.2, 0) is 11.5 Å². The van der Waals surface area contributed by atoms with Gasteiger partial charge in [0.1, 0.15) is 11.9 Å². The summed E-state index contributed by atoms with van der Waals surface area (Å²) in [5.41, 5.74) is 0. The highest BCUT2D eigenvalue weighted by atomic mass is 35.5. The summed E-state index contributed by atoms with van der Waals surface area (Å²) in [4.78, 5) is 15.7. The van der Waals surface area contributed by atoms with Crippen molar-refractivity contribution in [3.05, 3.63) is 16.1 Å². The number of nitrogens with zero attached hydrogens (tertiary/aromatic N) is 2. The molecular weight excluding hydrogens is 265 g/mol. The van der Waals surface area contributed by atoms with Gasteiger partial charge in [-0.05, 0) is 13.3 Å². The number of amides is 1. The summed E-state index contributed by atoms with van der Waals surface area (Å²) >= 11 is 11.7. The zero-order valence-corrected chi connectivity index (χ0v) is 11.3. The monoisotopic (exact) mass is 279 g/mol. The number of nitrogens with one attached hydrogen (secondary N) is 1. The molecule has 1 N–H and O–H groups in total. The van der Waals surface area contributed by atoms with E-state index >= 15 is 0 Å². The Bertz CT molecular complexity index is 393. The Morgan fingerprint density at radius 2 is 2.18 bits per heavy atom. The van der Waals surface area contributed by atoms with Gasteiger partial charge in [0.25, 0.3) is 5.91 Å². The van der Waals surface area contributed by atoms with Gasteiger partial charge in [0.2, 0.25) is 5.82 Å². The van der Waals surface area contributed by atoms with E-state index in [4.69, 9.17) is 27.9 Å². The minimum atomic E-state index is -0.305. The molecule has 0 bridgehead atoms. The number of carbonyl (C=O) groups is 1. The lowest BCUT2D eigenvalue weighted by molar-refractivity contribution is 0.0789. The van der Waals surface area contributed by atoms with Crippen LogP contribution in [0.2, 0.25) is 10.3 Å². The lowest BCUT2D eigenvalue weighted by atomic mass is 10.4. The van der Waals surface area contributed by atoms with Crippen LogP contribution >= 0.6 is 23.2 Å². The fraction of sp³-hybridized carbons (Fsp3) is 0.600. The van der Waals surface area contributed by atoms with Gasteiger partial charge < -0.3 is 10.1 Å². The summed E-state index contributed by atoms with van der Waals surface area (Å²) in [5, 5.41) is 3.03. The number of hydrogen-bond donors (Lipinski definition) is 1. The summed E-state index contributed by atoms with van der Waals surface area (Å²) in [6, 6.07) is 0. The minimum absolute atomic E-state index is 0.105. The third-order valence-electron chi connectivity index (χ3n) is 2.03. The second kappa shape index (κ2) is 6.83. The molecule has 0 unspecified atom stereocenters. The predicted molar refractivity (Wildman–Crippen MR) is 66.5 cm³/mol. The van der Waals surface area contributed by atoms with Crippen molar-refractivity contribution in [1.29, 1.82) is 0 Å². The van der Waals surface area contributed by atoms with Crippen molar-refractivity contribution in [2.75, 3.05) is 13.2 Å². The Morgan fingerprint density at radius 3 is 2.76 bits per heavy atom. The maximum absolute atomic E-state index is 11.8. The molecule has 1 amide bonds. The standard InChI is InChI=1S/C10H15Cl2N3O2/c1-3-5-13-10(16)9-14-7(11)8(12)15(9)6-17-4-2/h3-6H2,1-2H3,(H,13,16). The van der Waals surface area contributed by atoms with Gasteiger partial charge in [-0.25, -0.2) is 4.98 Å². The maximum Gasteiger partial charge on any atom is 0.287 e. The van der Waals surface area contributed by atoms with E-state index in [0.29, 0.717) is 13.2 Å². The zero-order valence-electron chi connectivity index (χ0n) is 9.80. The molecule has 1 aromatic rings. The lowest BCUT2D eigenvalue weighted by Crippen LogP contribution is -2.27. The van der Waals surface area contributed by atoms with Gasteiger partial charge >= 0.3 is 0 Å². The Hall–Kier alpha value is -0.780. The van der Waals surface area contributed by atoms with Crippen LogP contribution in [0.1, 0.15) is 30.9 Å². The number of rotatable bonds is 6. The molecule has 0 fully saturated rings. The molecule has 0 radical (unpaired) electrons. The fourth-order valence-corrected chi connectivity index (χ4v) is 1.55. The van der Waals surface area contributed by atoms with Gasteiger partial charge in [-0.3, -0.25) is 9.36 Å². The minimum Gasteiger partial charge on any atom is -0.361 e. The largest absolute Gasteiger partial charge is 0.361 e. The Kier molecular flexibility index (Phi) is 5.74. The number of aromatic nitrogens is 2. The molecule has 1 rings (SSSR count). The smallest absolute Gasteiger partial charge is 0.287 e. The molecule has 7 heteroatoms. The Balaban J connectivity index is 2.89. The third-order valence-corrected chi connectivity index (χ3v) is 2.77. The quantitative estimate of drug-likeness (QED) is 0.870. The van der Waals surface area contributed by atoms with Crippen molar-refractivity contribution < 1.29 is 9.53 Å². The van der Waals surface area contributed by atoms with Gasteiger partial charge in [0.15, 0.2) is 5.15 Å². The second-order valence-corrected chi connectivity index (χ2v) is 4.04. The van der Waals surface area contributed by atoms with Gasteiger partial charge in [-0.1, -0.05) is 30.1 Å². The van der Waals surface area contributed by atoms with Gasteiger partial charge in [0, 0.05) is 13.2 Å². The topological polar surface area (TPSA) is 56.2 Å². The van der Waals surface area contributed by atoms with Crippen molar-refractivity contribution in [2.45, 2.75) is 27.0 Å². The van der Waals surface area contributed by atoms with Crippen LogP contribution in [-0.4, -0.2) is 28.6 Å². The number of carbonyl (C=O) groups excluding carboxylic acids is 1. The molecule has 0 aliphatic heterocycles. The summed E-state index contributed by atoms with van der Waals surface area (Å²) in [6.07, 6.45) is 0.847. The highest BCUT2D eigenvalue weighted by molar-refractivity contribution is 6.40. The number of halogens is 2. The zero-order chi connectivity index (χ0) is 12.8. The molecular formula is C10H15Cl2N3O2. The molecule has 0 aromatic carbocycles. The van der Waals surface area contributed by atoms with Crippen LogP contribution < -0.4 is 5.32 Å². The van der Waals surface area contributed by atoms with Crippen LogP contribution in [0.4, 0.5) is 0 Å². The van der Waals surface area contributed by atoms with Crippen molar-refractivity contribution >= 4 is 29.1 Å². The van der Waals surface area contributed by atoms with Crippen LogP contribution in [0, 0.1) is 0 Å². The first kappa shape index (κ1) is 14.3. The molecule has 96 valence electrons. The van der Waals surface area contributed by atoms with E-state index in [1.54, 1.807) is 0 Å². The second-order valence-electron chi connectivity index (χ2n) is 3.32. The summed E-state index contributed by atoms with van der Waals surface area (Å²) in [6.45, 7) is 5.07. The molecule has 5 nitrogen and oxygen atoms in total. The van der Waals surface area contributed by atoms with Crippen LogP contribution in [0.3, 0.4) is 0 Å². The molecule has 0 saturated heterocycles. The fourth-order valence-electron chi connectivity index (χ4n) is 1.20. The first-order valence-corrected chi connectivity index (χ1v) is 6.14. The molecule has 0 spiro atoms. The highest BCUT2D eigenvalue weighted by Crippen LogP contribution is 2.22. The van der Waals surface area contributed by atoms with E-state index in [-0.39, 0.29) is 28.8 Å². The molecule has 0 aliphatic carbocycles. The molecule has 17 heavy (non-hydrogen) atoms. The molecule has 1 heterocycles. The number of hydrogen-bond acceptors (Lipinski definition) is 3. The summed E-state index contributed by atoms with van der Waals surface area (Å²) in [7, 11) is 0. The first-order chi connectivity index (χ1) is 8.11. The summed E-state index contributed by atoms with van der Waals surface area (Å²) < 4.78 is 6.65. The molecule has 1 aromatic heterocycles. The Labute approximate surface area is 110 Å². The third kappa shape index (κ3) is 3.59. The van der Waals surface area contributed by atoms with Crippen molar-refractivity contribution in [2.24, 2.45) is 0 Å². The Morgan fingerprint density at radius 1 is 1.47 bits per heavy atom. The van der Waals surface area contributed by atoms with Gasteiger partial charge in [-0.2, -0.15) is 0 Å². The van der Waals surface area contributed by atoms with Crippen molar-refractivity contribution in [3.63, 3.8) is 0 Å². The predicted octanol–water partition coefficient (Wildman–Crippen LogP) is 2.32. The maximum atomic E-state index is 11.8. The average Bonchev–Trinajstić information content (AvgIpc) is 2.60. The average molecular weight is 280 g/mol. The van der Waals surface area contributed by atoms with Crippen molar-refractivity contribution in [1.82, 2.24) is 14.9 Å². The summed E-state index contributed by atoms with van der Waals surface area (Å²) in [5.74, 6) is -0.137.